The van der Waals surface area contributed by atoms with Crippen molar-refractivity contribution < 1.29 is 14.3 Å². The topological polar surface area (TPSA) is 46.6 Å². The van der Waals surface area contributed by atoms with E-state index in [9.17, 15) is 9.59 Å². The van der Waals surface area contributed by atoms with Crippen LogP contribution in [0.5, 0.6) is 0 Å². The first kappa shape index (κ1) is 16.0. The third-order valence-electron chi connectivity index (χ3n) is 3.81. The summed E-state index contributed by atoms with van der Waals surface area (Å²) >= 11 is 0. The second kappa shape index (κ2) is 8.94. The maximum atomic E-state index is 12.2. The van der Waals surface area contributed by atoms with Gasteiger partial charge in [-0.05, 0) is 32.6 Å². The highest BCUT2D eigenvalue weighted by molar-refractivity contribution is 5.77. The Hall–Kier alpha value is -1.06. The van der Waals surface area contributed by atoms with Crippen LogP contribution in [0.4, 0.5) is 0 Å². The quantitative estimate of drug-likeness (QED) is 0.668. The lowest BCUT2D eigenvalue weighted by Crippen LogP contribution is -2.34. The number of ether oxygens (including phenoxy) is 1. The Labute approximate surface area is 116 Å². The molecule has 0 spiro atoms. The number of carbonyl (C=O) groups excluding carboxylic acids is 2. The van der Waals surface area contributed by atoms with Gasteiger partial charge in [-0.25, -0.2) is 0 Å². The number of esters is 1. The number of hydrogen-bond acceptors (Lipinski definition) is 3. The fourth-order valence-corrected chi connectivity index (χ4v) is 2.69. The number of rotatable bonds is 7. The second-order valence-electron chi connectivity index (χ2n) is 5.24. The molecule has 0 heterocycles. The zero-order valence-electron chi connectivity index (χ0n) is 12.3. The van der Waals surface area contributed by atoms with E-state index in [1.807, 2.05) is 6.92 Å². The molecule has 19 heavy (non-hydrogen) atoms. The van der Waals surface area contributed by atoms with Crippen LogP contribution in [0.15, 0.2) is 0 Å². The molecule has 0 aromatic heterocycles. The fourth-order valence-electron chi connectivity index (χ4n) is 2.69. The van der Waals surface area contributed by atoms with Crippen LogP contribution >= 0.6 is 0 Å². The van der Waals surface area contributed by atoms with Gasteiger partial charge in [-0.15, -0.1) is 0 Å². The molecule has 0 saturated heterocycles. The van der Waals surface area contributed by atoms with Crippen LogP contribution in [0.1, 0.15) is 58.8 Å². The van der Waals surface area contributed by atoms with Crippen LogP contribution in [0.3, 0.4) is 0 Å². The van der Waals surface area contributed by atoms with Gasteiger partial charge < -0.3 is 9.64 Å². The van der Waals surface area contributed by atoms with E-state index < -0.39 is 0 Å². The monoisotopic (exact) mass is 269 g/mol. The van der Waals surface area contributed by atoms with Crippen molar-refractivity contribution in [2.45, 2.75) is 58.8 Å². The maximum Gasteiger partial charge on any atom is 0.307 e. The van der Waals surface area contributed by atoms with Crippen molar-refractivity contribution in [3.8, 4) is 0 Å². The average molecular weight is 269 g/mol. The Morgan fingerprint density at radius 3 is 2.42 bits per heavy atom. The highest BCUT2D eigenvalue weighted by atomic mass is 16.5. The van der Waals surface area contributed by atoms with Crippen LogP contribution in [0.2, 0.25) is 0 Å². The Kier molecular flexibility index (Phi) is 7.53. The van der Waals surface area contributed by atoms with Gasteiger partial charge in [-0.2, -0.15) is 0 Å². The lowest BCUT2D eigenvalue weighted by molar-refractivity contribution is -0.144. The number of amides is 1. The molecule has 1 aliphatic rings. The summed E-state index contributed by atoms with van der Waals surface area (Å²) in [5, 5.41) is 0. The van der Waals surface area contributed by atoms with Gasteiger partial charge in [0.25, 0.3) is 0 Å². The molecule has 0 radical (unpaired) electrons. The lowest BCUT2D eigenvalue weighted by Gasteiger charge is -2.25. The SMILES string of the molecule is CCOC(=O)CCN(CC)C(=O)CC1CCCCC1. The van der Waals surface area contributed by atoms with Gasteiger partial charge >= 0.3 is 5.97 Å². The summed E-state index contributed by atoms with van der Waals surface area (Å²) in [5.74, 6) is 0.531. The molecular formula is C15H27NO3. The normalized spacial score (nSPS) is 16.1. The Bertz CT molecular complexity index is 285. The average Bonchev–Trinajstić information content (AvgIpc) is 2.41. The summed E-state index contributed by atoms with van der Waals surface area (Å²) in [6.07, 6.45) is 7.14. The van der Waals surface area contributed by atoms with Gasteiger partial charge in [0.15, 0.2) is 0 Å². The van der Waals surface area contributed by atoms with E-state index >= 15 is 0 Å². The van der Waals surface area contributed by atoms with Crippen LogP contribution < -0.4 is 0 Å². The van der Waals surface area contributed by atoms with E-state index in [0.717, 1.165) is 0 Å². The van der Waals surface area contributed by atoms with E-state index in [0.29, 0.717) is 38.5 Å². The zero-order chi connectivity index (χ0) is 14.1. The van der Waals surface area contributed by atoms with Crippen molar-refractivity contribution in [3.63, 3.8) is 0 Å². The summed E-state index contributed by atoms with van der Waals surface area (Å²) in [5.41, 5.74) is 0. The zero-order valence-corrected chi connectivity index (χ0v) is 12.3. The minimum absolute atomic E-state index is 0.193. The van der Waals surface area contributed by atoms with Crippen LogP contribution in [0, 0.1) is 5.92 Å². The Morgan fingerprint density at radius 2 is 1.84 bits per heavy atom. The van der Waals surface area contributed by atoms with Gasteiger partial charge in [0.1, 0.15) is 0 Å². The predicted molar refractivity (Wildman–Crippen MR) is 74.7 cm³/mol. The summed E-state index contributed by atoms with van der Waals surface area (Å²) in [7, 11) is 0. The molecule has 4 heteroatoms. The first-order chi connectivity index (χ1) is 9.17. The molecule has 0 bridgehead atoms. The first-order valence-electron chi connectivity index (χ1n) is 7.60. The van der Waals surface area contributed by atoms with E-state index in [2.05, 4.69) is 0 Å². The third-order valence-corrected chi connectivity index (χ3v) is 3.81. The van der Waals surface area contributed by atoms with Gasteiger partial charge in [0.05, 0.1) is 13.0 Å². The lowest BCUT2D eigenvalue weighted by atomic mass is 9.86. The fraction of sp³-hybridized carbons (Fsp3) is 0.867. The highest BCUT2D eigenvalue weighted by Crippen LogP contribution is 2.26. The van der Waals surface area contributed by atoms with Crippen LogP contribution in [-0.2, 0) is 14.3 Å². The Balaban J connectivity index is 2.31. The minimum atomic E-state index is -0.216. The predicted octanol–water partition coefficient (Wildman–Crippen LogP) is 2.76. The van der Waals surface area contributed by atoms with E-state index in [-0.39, 0.29) is 11.9 Å². The molecule has 0 atom stereocenters. The number of hydrogen-bond donors (Lipinski definition) is 0. The summed E-state index contributed by atoms with van der Waals surface area (Å²) < 4.78 is 4.89. The number of carbonyl (C=O) groups is 2. The summed E-state index contributed by atoms with van der Waals surface area (Å²) in [4.78, 5) is 25.3. The third kappa shape index (κ3) is 6.08. The molecule has 110 valence electrons. The molecule has 0 aliphatic heterocycles. The molecule has 0 N–H and O–H groups in total. The highest BCUT2D eigenvalue weighted by Gasteiger charge is 2.20. The minimum Gasteiger partial charge on any atom is -0.466 e. The van der Waals surface area contributed by atoms with Crippen molar-refractivity contribution in [2.75, 3.05) is 19.7 Å². The largest absolute Gasteiger partial charge is 0.466 e. The van der Waals surface area contributed by atoms with E-state index in [1.54, 1.807) is 11.8 Å². The summed E-state index contributed by atoms with van der Waals surface area (Å²) in [6, 6.07) is 0. The van der Waals surface area contributed by atoms with Crippen molar-refractivity contribution in [3.05, 3.63) is 0 Å². The van der Waals surface area contributed by atoms with Crippen molar-refractivity contribution in [1.82, 2.24) is 4.90 Å². The van der Waals surface area contributed by atoms with Gasteiger partial charge in [-0.1, -0.05) is 19.3 Å². The molecule has 0 unspecified atom stereocenters. The molecule has 0 aromatic rings. The van der Waals surface area contributed by atoms with Crippen molar-refractivity contribution >= 4 is 11.9 Å². The smallest absolute Gasteiger partial charge is 0.307 e. The molecule has 1 aliphatic carbocycles. The van der Waals surface area contributed by atoms with Gasteiger partial charge in [0.2, 0.25) is 5.91 Å². The first-order valence-corrected chi connectivity index (χ1v) is 7.60. The molecule has 1 amide bonds. The van der Waals surface area contributed by atoms with Crippen molar-refractivity contribution in [1.29, 1.82) is 0 Å². The van der Waals surface area contributed by atoms with E-state index in [4.69, 9.17) is 4.74 Å². The summed E-state index contributed by atoms with van der Waals surface area (Å²) in [6.45, 7) is 5.32. The standard InChI is InChI=1S/C15H27NO3/c1-3-16(11-10-15(18)19-4-2)14(17)12-13-8-6-5-7-9-13/h13H,3-12H2,1-2H3. The molecule has 1 saturated carbocycles. The molecule has 1 fully saturated rings. The molecule has 4 nitrogen and oxygen atoms in total. The van der Waals surface area contributed by atoms with Gasteiger partial charge in [0, 0.05) is 19.5 Å². The Morgan fingerprint density at radius 1 is 1.16 bits per heavy atom. The van der Waals surface area contributed by atoms with Crippen LogP contribution in [0.25, 0.3) is 0 Å². The van der Waals surface area contributed by atoms with Crippen molar-refractivity contribution in [2.24, 2.45) is 5.92 Å². The molecule has 1 rings (SSSR count). The molecular weight excluding hydrogens is 242 g/mol. The van der Waals surface area contributed by atoms with Gasteiger partial charge in [-0.3, -0.25) is 9.59 Å². The second-order valence-corrected chi connectivity index (χ2v) is 5.24. The van der Waals surface area contributed by atoms with Crippen LogP contribution in [-0.4, -0.2) is 36.5 Å². The van der Waals surface area contributed by atoms with E-state index in [1.165, 1.54) is 32.1 Å². The number of nitrogens with zero attached hydrogens (tertiary/aromatic N) is 1. The molecule has 0 aromatic carbocycles. The maximum absolute atomic E-state index is 12.2.